The van der Waals surface area contributed by atoms with E-state index in [1.165, 1.54) is 17.2 Å². The molecule has 8 nitrogen and oxygen atoms in total. The molecule has 172 valence electrons. The van der Waals surface area contributed by atoms with Crippen molar-refractivity contribution in [3.8, 4) is 11.6 Å². The number of aliphatic hydroxyl groups excluding tert-OH is 1. The molecule has 0 saturated carbocycles. The number of ether oxygens (including phenoxy) is 2. The molecule has 32 heavy (non-hydrogen) atoms. The van der Waals surface area contributed by atoms with Crippen molar-refractivity contribution in [3.63, 3.8) is 0 Å². The third kappa shape index (κ3) is 4.62. The molecule has 2 aliphatic heterocycles. The molecule has 2 aliphatic rings. The number of fused-ring (bicyclic) bond motifs is 2. The van der Waals surface area contributed by atoms with Gasteiger partial charge in [0.15, 0.2) is 9.84 Å². The molecule has 1 N–H and O–H groups in total. The van der Waals surface area contributed by atoms with Crippen molar-refractivity contribution in [3.05, 3.63) is 46.6 Å². The molecule has 1 aromatic carbocycles. The van der Waals surface area contributed by atoms with Crippen LogP contribution in [0, 0.1) is 0 Å². The van der Waals surface area contributed by atoms with Crippen molar-refractivity contribution in [1.82, 2.24) is 9.88 Å². The molecule has 1 fully saturated rings. The lowest BCUT2D eigenvalue weighted by Gasteiger charge is -2.20. The predicted molar refractivity (Wildman–Crippen MR) is 104 cm³/mol. The number of pyridine rings is 1. The Morgan fingerprint density at radius 2 is 2.06 bits per heavy atom. The molecule has 0 unspecified atom stereocenters. The van der Waals surface area contributed by atoms with Gasteiger partial charge >= 0.3 is 6.36 Å². The number of amides is 1. The van der Waals surface area contributed by atoms with Gasteiger partial charge in [-0.05, 0) is 36.2 Å². The molecule has 1 saturated heterocycles. The number of hydrogen-bond donors (Lipinski definition) is 1. The molecule has 2 atom stereocenters. The summed E-state index contributed by atoms with van der Waals surface area (Å²) in [4.78, 5) is 17.6. The number of aliphatic hydroxyl groups is 1. The van der Waals surface area contributed by atoms with E-state index in [0.29, 0.717) is 6.42 Å². The average Bonchev–Trinajstić information content (AvgIpc) is 3.01. The quantitative estimate of drug-likeness (QED) is 0.699. The molecule has 0 radical (unpaired) electrons. The standard InChI is InChI=1S/C19H16ClF3N2O6S/c20-11-1-2-15(31-19(21,22)23)16(4-11)32(28,29)9-10-3-14-17(24-6-10)30-8-12-5-13(26)7-25(12)18(14)27/h1-4,6,12-13,26H,5,7-9H2/t12-,13-/m1/s1. The number of hydrogen-bond acceptors (Lipinski definition) is 7. The maximum Gasteiger partial charge on any atom is 0.573 e. The second kappa shape index (κ2) is 8.09. The molecule has 0 aliphatic carbocycles. The summed E-state index contributed by atoms with van der Waals surface area (Å²) in [5, 5.41) is 9.74. The number of sulfone groups is 1. The van der Waals surface area contributed by atoms with E-state index in [1.54, 1.807) is 0 Å². The van der Waals surface area contributed by atoms with E-state index in [0.717, 1.165) is 18.2 Å². The zero-order valence-corrected chi connectivity index (χ0v) is 17.7. The fraction of sp³-hybridized carbons (Fsp3) is 0.368. The fourth-order valence-electron chi connectivity index (χ4n) is 3.70. The van der Waals surface area contributed by atoms with Crippen LogP contribution in [0.3, 0.4) is 0 Å². The zero-order chi connectivity index (χ0) is 23.3. The Labute approximate surface area is 185 Å². The fourth-order valence-corrected chi connectivity index (χ4v) is 5.41. The van der Waals surface area contributed by atoms with Gasteiger partial charge in [-0.2, -0.15) is 0 Å². The van der Waals surface area contributed by atoms with Crippen molar-refractivity contribution in [1.29, 1.82) is 0 Å². The number of carbonyl (C=O) groups is 1. The molecule has 3 heterocycles. The SMILES string of the molecule is O=C1c2cc(CS(=O)(=O)c3cc(Cl)ccc3OC(F)(F)F)cnc2OC[C@H]2C[C@@H](O)CN12. The minimum Gasteiger partial charge on any atom is -0.475 e. The maximum absolute atomic E-state index is 12.9. The van der Waals surface area contributed by atoms with E-state index in [2.05, 4.69) is 9.72 Å². The highest BCUT2D eigenvalue weighted by Crippen LogP contribution is 2.34. The Balaban J connectivity index is 1.66. The van der Waals surface area contributed by atoms with Crippen molar-refractivity contribution in [2.24, 2.45) is 0 Å². The van der Waals surface area contributed by atoms with E-state index in [4.69, 9.17) is 16.3 Å². The lowest BCUT2D eigenvalue weighted by Crippen LogP contribution is -2.37. The van der Waals surface area contributed by atoms with Gasteiger partial charge < -0.3 is 19.5 Å². The van der Waals surface area contributed by atoms with Crippen LogP contribution in [0.4, 0.5) is 13.2 Å². The normalized spacial score (nSPS) is 20.9. The number of alkyl halides is 3. The van der Waals surface area contributed by atoms with Crippen LogP contribution in [-0.2, 0) is 15.6 Å². The molecular weight excluding hydrogens is 477 g/mol. The number of benzene rings is 1. The highest BCUT2D eigenvalue weighted by molar-refractivity contribution is 7.90. The van der Waals surface area contributed by atoms with Crippen LogP contribution in [0.2, 0.25) is 5.02 Å². The van der Waals surface area contributed by atoms with E-state index in [9.17, 15) is 31.5 Å². The van der Waals surface area contributed by atoms with Gasteiger partial charge in [0, 0.05) is 17.8 Å². The first-order chi connectivity index (χ1) is 14.9. The van der Waals surface area contributed by atoms with Gasteiger partial charge in [0.2, 0.25) is 5.88 Å². The lowest BCUT2D eigenvalue weighted by atomic mass is 10.2. The van der Waals surface area contributed by atoms with Crippen LogP contribution < -0.4 is 9.47 Å². The Bertz CT molecular complexity index is 1170. The highest BCUT2D eigenvalue weighted by Gasteiger charge is 2.39. The van der Waals surface area contributed by atoms with Crippen LogP contribution >= 0.6 is 11.6 Å². The van der Waals surface area contributed by atoms with Gasteiger partial charge in [0.25, 0.3) is 5.91 Å². The number of halogens is 4. The summed E-state index contributed by atoms with van der Waals surface area (Å²) in [7, 11) is -4.37. The van der Waals surface area contributed by atoms with Crippen LogP contribution in [-0.4, -0.2) is 61.0 Å². The van der Waals surface area contributed by atoms with Gasteiger partial charge in [-0.15, -0.1) is 13.2 Å². The van der Waals surface area contributed by atoms with Crippen molar-refractivity contribution in [2.45, 2.75) is 35.6 Å². The molecule has 4 rings (SSSR count). The summed E-state index contributed by atoms with van der Waals surface area (Å²) < 4.78 is 73.3. The smallest absolute Gasteiger partial charge is 0.475 e. The molecule has 1 amide bonds. The third-order valence-corrected chi connectivity index (χ3v) is 6.96. The second-order valence-corrected chi connectivity index (χ2v) is 9.80. The second-order valence-electron chi connectivity index (χ2n) is 7.41. The number of carbonyl (C=O) groups excluding carboxylic acids is 1. The maximum atomic E-state index is 12.9. The average molecular weight is 493 g/mol. The van der Waals surface area contributed by atoms with E-state index in [-0.39, 0.29) is 41.2 Å². The first-order valence-electron chi connectivity index (χ1n) is 9.32. The van der Waals surface area contributed by atoms with Crippen molar-refractivity contribution >= 4 is 27.3 Å². The van der Waals surface area contributed by atoms with Crippen molar-refractivity contribution in [2.75, 3.05) is 13.2 Å². The molecule has 1 aromatic heterocycles. The van der Waals surface area contributed by atoms with E-state index < -0.39 is 44.6 Å². The van der Waals surface area contributed by atoms with Gasteiger partial charge in [0.05, 0.1) is 17.9 Å². The van der Waals surface area contributed by atoms with Crippen molar-refractivity contribution < 1.29 is 41.0 Å². The Morgan fingerprint density at radius 3 is 2.78 bits per heavy atom. The third-order valence-electron chi connectivity index (χ3n) is 5.03. The summed E-state index contributed by atoms with van der Waals surface area (Å²) in [5.74, 6) is -2.14. The number of nitrogens with zero attached hydrogens (tertiary/aromatic N) is 2. The zero-order valence-electron chi connectivity index (χ0n) is 16.2. The van der Waals surface area contributed by atoms with E-state index in [1.807, 2.05) is 0 Å². The monoisotopic (exact) mass is 492 g/mol. The predicted octanol–water partition coefficient (Wildman–Crippen LogP) is 2.58. The first kappa shape index (κ1) is 22.6. The van der Waals surface area contributed by atoms with Gasteiger partial charge in [-0.25, -0.2) is 13.4 Å². The largest absolute Gasteiger partial charge is 0.573 e. The lowest BCUT2D eigenvalue weighted by molar-refractivity contribution is -0.275. The minimum absolute atomic E-state index is 0.00663. The minimum atomic E-state index is -5.11. The summed E-state index contributed by atoms with van der Waals surface area (Å²) >= 11 is 5.79. The van der Waals surface area contributed by atoms with Crippen LogP contribution in [0.25, 0.3) is 0 Å². The molecule has 2 aromatic rings. The topological polar surface area (TPSA) is 106 Å². The van der Waals surface area contributed by atoms with Crippen LogP contribution in [0.15, 0.2) is 35.4 Å². The number of aromatic nitrogens is 1. The summed E-state index contributed by atoms with van der Waals surface area (Å²) in [6, 6.07) is 3.67. The first-order valence-corrected chi connectivity index (χ1v) is 11.3. The Morgan fingerprint density at radius 1 is 1.31 bits per heavy atom. The summed E-state index contributed by atoms with van der Waals surface area (Å²) in [5.41, 5.74) is 0.0592. The molecule has 0 bridgehead atoms. The van der Waals surface area contributed by atoms with Crippen LogP contribution in [0.5, 0.6) is 11.6 Å². The highest BCUT2D eigenvalue weighted by atomic mass is 35.5. The Hall–Kier alpha value is -2.57. The Kier molecular flexibility index (Phi) is 5.72. The van der Waals surface area contributed by atoms with Gasteiger partial charge in [-0.3, -0.25) is 4.79 Å². The van der Waals surface area contributed by atoms with Gasteiger partial charge in [-0.1, -0.05) is 11.6 Å². The summed E-state index contributed by atoms with van der Waals surface area (Å²) in [6.45, 7) is 0.233. The van der Waals surface area contributed by atoms with Crippen LogP contribution in [0.1, 0.15) is 22.3 Å². The van der Waals surface area contributed by atoms with Gasteiger partial charge in [0.1, 0.15) is 22.8 Å². The number of rotatable bonds is 4. The van der Waals surface area contributed by atoms with E-state index >= 15 is 0 Å². The summed E-state index contributed by atoms with van der Waals surface area (Å²) in [6.07, 6.45) is -4.29. The molecular formula is C19H16ClF3N2O6S. The molecule has 0 spiro atoms. The molecule has 13 heteroatoms.